The van der Waals surface area contributed by atoms with Gasteiger partial charge in [0.2, 0.25) is 0 Å². The molecule has 2 heteroatoms. The van der Waals surface area contributed by atoms with Crippen LogP contribution in [0.2, 0.25) is 0 Å². The highest BCUT2D eigenvalue weighted by molar-refractivity contribution is 6.16. The fourth-order valence-corrected chi connectivity index (χ4v) is 10.8. The summed E-state index contributed by atoms with van der Waals surface area (Å²) < 4.78 is 2.40. The maximum atomic E-state index is 2.40. The van der Waals surface area contributed by atoms with Gasteiger partial charge >= 0.3 is 0 Å². The van der Waals surface area contributed by atoms with Crippen LogP contribution in [0, 0.1) is 0 Å². The molecule has 72 heavy (non-hydrogen) atoms. The fraction of sp³-hybridized carbons (Fsp3) is 0. The summed E-state index contributed by atoms with van der Waals surface area (Å²) in [5, 5.41) is 4.94. The van der Waals surface area contributed by atoms with Crippen molar-refractivity contribution in [3.05, 3.63) is 291 Å². The van der Waals surface area contributed by atoms with Crippen molar-refractivity contribution in [1.82, 2.24) is 4.57 Å². The largest absolute Gasteiger partial charge is 0.310 e. The molecule has 0 amide bonds. The molecule has 1 aromatic heterocycles. The molecule has 13 rings (SSSR count). The minimum absolute atomic E-state index is 1.07. The van der Waals surface area contributed by atoms with Crippen molar-refractivity contribution in [2.24, 2.45) is 0 Å². The van der Waals surface area contributed by atoms with Crippen LogP contribution in [-0.4, -0.2) is 4.57 Å². The molecule has 0 saturated heterocycles. The van der Waals surface area contributed by atoms with Gasteiger partial charge in [0.05, 0.1) is 11.0 Å². The Labute approximate surface area is 420 Å². The molecule has 12 aromatic carbocycles. The Kier molecular flexibility index (Phi) is 10.9. The molecule has 2 nitrogen and oxygen atoms in total. The zero-order valence-corrected chi connectivity index (χ0v) is 39.6. The Bertz CT molecular complexity index is 4060. The maximum Gasteiger partial charge on any atom is 0.0547 e. The van der Waals surface area contributed by atoms with E-state index < -0.39 is 0 Å². The first-order valence-electron chi connectivity index (χ1n) is 24.7. The van der Waals surface area contributed by atoms with Gasteiger partial charge in [0, 0.05) is 33.5 Å². The highest BCUT2D eigenvalue weighted by Gasteiger charge is 2.20. The summed E-state index contributed by atoms with van der Waals surface area (Å²) in [6.45, 7) is 0. The van der Waals surface area contributed by atoms with Crippen molar-refractivity contribution >= 4 is 49.6 Å². The molecule has 0 radical (unpaired) electrons. The lowest BCUT2D eigenvalue weighted by atomic mass is 9.90. The SMILES string of the molecule is c1ccc(-c2cccc(N(c3ccc(-c4cc(-c5cccc6ccccc56)cc(-c5cccc6c5c5ccccc5n6-c5ccccc5)c4)cc3)c3ccc(-c4ccccc4)c(-c4ccccc4)c3)c2)cc1. The molecule has 0 spiro atoms. The summed E-state index contributed by atoms with van der Waals surface area (Å²) in [4.78, 5) is 2.40. The third kappa shape index (κ3) is 7.82. The summed E-state index contributed by atoms with van der Waals surface area (Å²) in [5.41, 5.74) is 20.9. The molecule has 0 fully saturated rings. The van der Waals surface area contributed by atoms with Crippen molar-refractivity contribution in [3.8, 4) is 72.4 Å². The van der Waals surface area contributed by atoms with Crippen LogP contribution in [0.1, 0.15) is 0 Å². The first-order valence-corrected chi connectivity index (χ1v) is 24.7. The molecule has 0 atom stereocenters. The van der Waals surface area contributed by atoms with Gasteiger partial charge < -0.3 is 9.47 Å². The molecule has 13 aromatic rings. The monoisotopic (exact) mass is 916 g/mol. The molecule has 0 aliphatic heterocycles. The van der Waals surface area contributed by atoms with Crippen molar-refractivity contribution in [2.45, 2.75) is 0 Å². The van der Waals surface area contributed by atoms with Crippen LogP contribution >= 0.6 is 0 Å². The topological polar surface area (TPSA) is 8.17 Å². The highest BCUT2D eigenvalue weighted by Crippen LogP contribution is 2.45. The summed E-state index contributed by atoms with van der Waals surface area (Å²) in [6, 6.07) is 106. The third-order valence-electron chi connectivity index (χ3n) is 14.2. The Morgan fingerprint density at radius 1 is 0.236 bits per heavy atom. The lowest BCUT2D eigenvalue weighted by Gasteiger charge is -2.27. The first-order chi connectivity index (χ1) is 35.7. The van der Waals surface area contributed by atoms with Gasteiger partial charge in [0.25, 0.3) is 0 Å². The number of rotatable bonds is 10. The van der Waals surface area contributed by atoms with Crippen molar-refractivity contribution in [1.29, 1.82) is 0 Å². The number of para-hydroxylation sites is 2. The predicted molar refractivity (Wildman–Crippen MR) is 306 cm³/mol. The lowest BCUT2D eigenvalue weighted by Crippen LogP contribution is -2.10. The van der Waals surface area contributed by atoms with Crippen LogP contribution in [0.15, 0.2) is 291 Å². The van der Waals surface area contributed by atoms with E-state index >= 15 is 0 Å². The number of anilines is 3. The van der Waals surface area contributed by atoms with E-state index in [2.05, 4.69) is 301 Å². The standard InChI is InChI=1S/C70H48N2/c1-5-20-49(21-6-1)54-28-17-31-60(47-54)71(61-42-43-64(51-22-7-2-8-23-51)67(48-61)53-24-9-3-10-25-53)59-40-38-50(39-41-59)55-44-56(63-34-18-27-52-26-13-14-32-62(52)63)46-57(45-55)65-35-19-37-69-70(65)66-33-15-16-36-68(66)72(69)58-29-11-4-12-30-58/h1-48H. The average Bonchev–Trinajstić information content (AvgIpc) is 3.81. The molecular formula is C70H48N2. The summed E-state index contributed by atoms with van der Waals surface area (Å²) in [6.07, 6.45) is 0. The van der Waals surface area contributed by atoms with Gasteiger partial charge in [-0.3, -0.25) is 0 Å². The molecule has 0 aliphatic carbocycles. The summed E-state index contributed by atoms with van der Waals surface area (Å²) in [7, 11) is 0. The zero-order chi connectivity index (χ0) is 47.8. The number of nitrogens with zero attached hydrogens (tertiary/aromatic N) is 2. The van der Waals surface area contributed by atoms with Gasteiger partial charge in [0.1, 0.15) is 0 Å². The van der Waals surface area contributed by atoms with Crippen LogP contribution in [0.25, 0.3) is 105 Å². The van der Waals surface area contributed by atoms with Crippen LogP contribution in [-0.2, 0) is 0 Å². The molecule has 0 N–H and O–H groups in total. The second kappa shape index (κ2) is 18.4. The van der Waals surface area contributed by atoms with Gasteiger partial charge in [-0.05, 0) is 156 Å². The molecular weight excluding hydrogens is 869 g/mol. The quantitative estimate of drug-likeness (QED) is 0.133. The van der Waals surface area contributed by atoms with E-state index in [1.807, 2.05) is 0 Å². The van der Waals surface area contributed by atoms with E-state index in [1.54, 1.807) is 0 Å². The first kappa shape index (κ1) is 42.6. The predicted octanol–water partition coefficient (Wildman–Crippen LogP) is 19.4. The lowest BCUT2D eigenvalue weighted by molar-refractivity contribution is 1.18. The number of hydrogen-bond acceptors (Lipinski definition) is 1. The molecule has 0 saturated carbocycles. The minimum Gasteiger partial charge on any atom is -0.310 e. The summed E-state index contributed by atoms with van der Waals surface area (Å²) in [5.74, 6) is 0. The maximum absolute atomic E-state index is 2.40. The fourth-order valence-electron chi connectivity index (χ4n) is 10.8. The van der Waals surface area contributed by atoms with Gasteiger partial charge in [-0.2, -0.15) is 0 Å². The highest BCUT2D eigenvalue weighted by atomic mass is 15.1. The van der Waals surface area contributed by atoms with E-state index in [1.165, 1.54) is 88.2 Å². The Morgan fingerprint density at radius 3 is 1.49 bits per heavy atom. The van der Waals surface area contributed by atoms with Gasteiger partial charge in [-0.15, -0.1) is 0 Å². The van der Waals surface area contributed by atoms with Crippen LogP contribution in [0.4, 0.5) is 17.1 Å². The molecule has 1 heterocycles. The van der Waals surface area contributed by atoms with E-state index in [4.69, 9.17) is 0 Å². The molecule has 338 valence electrons. The van der Waals surface area contributed by atoms with Gasteiger partial charge in [0.15, 0.2) is 0 Å². The van der Waals surface area contributed by atoms with Crippen LogP contribution in [0.3, 0.4) is 0 Å². The van der Waals surface area contributed by atoms with E-state index in [9.17, 15) is 0 Å². The number of fused-ring (bicyclic) bond motifs is 4. The van der Waals surface area contributed by atoms with Gasteiger partial charge in [-0.25, -0.2) is 0 Å². The van der Waals surface area contributed by atoms with E-state index in [0.717, 1.165) is 33.9 Å². The molecule has 0 aliphatic rings. The smallest absolute Gasteiger partial charge is 0.0547 e. The third-order valence-corrected chi connectivity index (χ3v) is 14.2. The number of hydrogen-bond donors (Lipinski definition) is 0. The molecule has 0 unspecified atom stereocenters. The van der Waals surface area contributed by atoms with Gasteiger partial charge in [-0.1, -0.05) is 212 Å². The minimum atomic E-state index is 1.07. The van der Waals surface area contributed by atoms with E-state index in [0.29, 0.717) is 0 Å². The Balaban J connectivity index is 0.991. The van der Waals surface area contributed by atoms with Crippen LogP contribution < -0.4 is 4.90 Å². The Hall–Kier alpha value is -9.50. The summed E-state index contributed by atoms with van der Waals surface area (Å²) >= 11 is 0. The average molecular weight is 917 g/mol. The van der Waals surface area contributed by atoms with Crippen molar-refractivity contribution in [2.75, 3.05) is 4.90 Å². The number of aromatic nitrogens is 1. The van der Waals surface area contributed by atoms with E-state index in [-0.39, 0.29) is 0 Å². The van der Waals surface area contributed by atoms with Crippen LogP contribution in [0.5, 0.6) is 0 Å². The van der Waals surface area contributed by atoms with Crippen molar-refractivity contribution < 1.29 is 0 Å². The zero-order valence-electron chi connectivity index (χ0n) is 39.6. The normalized spacial score (nSPS) is 11.3. The second-order valence-corrected chi connectivity index (χ2v) is 18.5. The molecule has 0 bridgehead atoms. The second-order valence-electron chi connectivity index (χ2n) is 18.5. The number of benzene rings is 12. The van der Waals surface area contributed by atoms with Crippen molar-refractivity contribution in [3.63, 3.8) is 0 Å². The Morgan fingerprint density at radius 2 is 0.736 bits per heavy atom.